The second-order valence-electron chi connectivity index (χ2n) is 6.07. The first kappa shape index (κ1) is 15.2. The maximum atomic E-state index is 11.9. The highest BCUT2D eigenvalue weighted by molar-refractivity contribution is 5.87. The van der Waals surface area contributed by atoms with Gasteiger partial charge in [-0.05, 0) is 19.1 Å². The molecule has 1 aromatic carbocycles. The van der Waals surface area contributed by atoms with Crippen molar-refractivity contribution in [1.82, 2.24) is 9.55 Å². The van der Waals surface area contributed by atoms with Crippen LogP contribution in [0.4, 0.5) is 0 Å². The van der Waals surface area contributed by atoms with Crippen molar-refractivity contribution in [2.45, 2.75) is 34.2 Å². The molecule has 21 heavy (non-hydrogen) atoms. The van der Waals surface area contributed by atoms with Gasteiger partial charge in [0.15, 0.2) is 12.4 Å². The number of aromatic nitrogens is 2. The summed E-state index contributed by atoms with van der Waals surface area (Å²) in [6.45, 7) is 7.12. The van der Waals surface area contributed by atoms with Crippen molar-refractivity contribution in [3.8, 4) is 0 Å². The molecule has 0 N–H and O–H groups in total. The van der Waals surface area contributed by atoms with Crippen molar-refractivity contribution >= 4 is 22.8 Å². The van der Waals surface area contributed by atoms with Gasteiger partial charge in [0, 0.05) is 5.41 Å². The van der Waals surface area contributed by atoms with E-state index in [9.17, 15) is 9.59 Å². The topological polar surface area (TPSA) is 61.2 Å². The molecule has 0 fully saturated rings. The molecule has 0 aliphatic rings. The van der Waals surface area contributed by atoms with Gasteiger partial charge < -0.3 is 9.30 Å². The van der Waals surface area contributed by atoms with Gasteiger partial charge in [-0.2, -0.15) is 0 Å². The number of ketones is 1. The Labute approximate surface area is 123 Å². The Balaban J connectivity index is 2.05. The van der Waals surface area contributed by atoms with Crippen LogP contribution in [-0.2, 0) is 20.9 Å². The Morgan fingerprint density at radius 3 is 2.57 bits per heavy atom. The van der Waals surface area contributed by atoms with Gasteiger partial charge in [-0.25, -0.2) is 4.98 Å². The lowest BCUT2D eigenvalue weighted by atomic mass is 9.91. The maximum absolute atomic E-state index is 11.9. The quantitative estimate of drug-likeness (QED) is 0.811. The van der Waals surface area contributed by atoms with E-state index in [-0.39, 0.29) is 18.9 Å². The first-order valence-electron chi connectivity index (χ1n) is 6.90. The SMILES string of the molecule is Cc1nc2ccccc2n1CC(=O)OCC(=O)C(C)(C)C. The van der Waals surface area contributed by atoms with E-state index in [1.165, 1.54) is 0 Å². The summed E-state index contributed by atoms with van der Waals surface area (Å²) in [4.78, 5) is 28.1. The highest BCUT2D eigenvalue weighted by Crippen LogP contribution is 2.16. The Morgan fingerprint density at radius 2 is 1.90 bits per heavy atom. The fraction of sp³-hybridized carbons (Fsp3) is 0.438. The number of para-hydroxylation sites is 2. The Kier molecular flexibility index (Phi) is 4.11. The molecule has 0 unspecified atom stereocenters. The molecule has 0 spiro atoms. The third kappa shape index (κ3) is 3.48. The van der Waals surface area contributed by atoms with Gasteiger partial charge in [-0.15, -0.1) is 0 Å². The monoisotopic (exact) mass is 288 g/mol. The number of esters is 1. The molecule has 2 aromatic rings. The van der Waals surface area contributed by atoms with E-state index >= 15 is 0 Å². The highest BCUT2D eigenvalue weighted by atomic mass is 16.5. The van der Waals surface area contributed by atoms with Gasteiger partial charge in [-0.3, -0.25) is 9.59 Å². The van der Waals surface area contributed by atoms with Crippen LogP contribution in [0.25, 0.3) is 11.0 Å². The summed E-state index contributed by atoms with van der Waals surface area (Å²) < 4.78 is 6.86. The summed E-state index contributed by atoms with van der Waals surface area (Å²) in [6.07, 6.45) is 0. The number of rotatable bonds is 4. The number of Topliss-reactive ketones (excluding diaryl/α,β-unsaturated/α-hetero) is 1. The third-order valence-electron chi connectivity index (χ3n) is 3.33. The van der Waals surface area contributed by atoms with Crippen molar-refractivity contribution in [1.29, 1.82) is 0 Å². The second-order valence-corrected chi connectivity index (χ2v) is 6.07. The number of fused-ring (bicyclic) bond motifs is 1. The minimum atomic E-state index is -0.502. The first-order valence-corrected chi connectivity index (χ1v) is 6.90. The molecule has 1 aromatic heterocycles. The maximum Gasteiger partial charge on any atom is 0.326 e. The Hall–Kier alpha value is -2.17. The summed E-state index contributed by atoms with van der Waals surface area (Å²) in [7, 11) is 0. The van der Waals surface area contributed by atoms with Crippen LogP contribution in [0.1, 0.15) is 26.6 Å². The molecule has 1 heterocycles. The molecule has 0 amide bonds. The molecule has 0 aliphatic heterocycles. The van der Waals surface area contributed by atoms with Gasteiger partial charge >= 0.3 is 5.97 Å². The fourth-order valence-electron chi connectivity index (χ4n) is 1.93. The van der Waals surface area contributed by atoms with Crippen LogP contribution >= 0.6 is 0 Å². The summed E-state index contributed by atoms with van der Waals surface area (Å²) in [5.74, 6) is 0.220. The van der Waals surface area contributed by atoms with Crippen molar-refractivity contribution in [2.24, 2.45) is 5.41 Å². The average molecular weight is 288 g/mol. The molecular weight excluding hydrogens is 268 g/mol. The highest BCUT2D eigenvalue weighted by Gasteiger charge is 2.22. The van der Waals surface area contributed by atoms with Gasteiger partial charge in [0.05, 0.1) is 11.0 Å². The number of hydrogen-bond acceptors (Lipinski definition) is 4. The zero-order valence-electron chi connectivity index (χ0n) is 12.8. The van der Waals surface area contributed by atoms with E-state index in [4.69, 9.17) is 4.74 Å². The predicted octanol–water partition coefficient (Wildman–Crippen LogP) is 2.50. The third-order valence-corrected chi connectivity index (χ3v) is 3.33. The fourth-order valence-corrected chi connectivity index (χ4v) is 1.93. The molecule has 0 saturated heterocycles. The van der Waals surface area contributed by atoms with Crippen LogP contribution in [0.15, 0.2) is 24.3 Å². The van der Waals surface area contributed by atoms with Gasteiger partial charge in [0.25, 0.3) is 0 Å². The molecule has 0 aliphatic carbocycles. The molecule has 2 rings (SSSR count). The number of carbonyl (C=O) groups is 2. The molecule has 0 atom stereocenters. The molecule has 0 saturated carbocycles. The molecule has 0 bridgehead atoms. The Morgan fingerprint density at radius 1 is 1.24 bits per heavy atom. The van der Waals surface area contributed by atoms with Gasteiger partial charge in [-0.1, -0.05) is 32.9 Å². The number of nitrogens with zero attached hydrogens (tertiary/aromatic N) is 2. The predicted molar refractivity (Wildman–Crippen MR) is 79.9 cm³/mol. The number of benzene rings is 1. The summed E-state index contributed by atoms with van der Waals surface area (Å²) in [5, 5.41) is 0. The number of aryl methyl sites for hydroxylation is 1. The van der Waals surface area contributed by atoms with E-state index in [0.717, 1.165) is 16.9 Å². The summed E-state index contributed by atoms with van der Waals surface area (Å²) in [6, 6.07) is 7.60. The van der Waals surface area contributed by atoms with Crippen molar-refractivity contribution in [3.63, 3.8) is 0 Å². The number of imidazole rings is 1. The van der Waals surface area contributed by atoms with Crippen LogP contribution in [0.2, 0.25) is 0 Å². The zero-order chi connectivity index (χ0) is 15.6. The normalized spacial score (nSPS) is 11.6. The van der Waals surface area contributed by atoms with Crippen molar-refractivity contribution in [3.05, 3.63) is 30.1 Å². The van der Waals surface area contributed by atoms with Crippen LogP contribution in [0.3, 0.4) is 0 Å². The zero-order valence-corrected chi connectivity index (χ0v) is 12.8. The molecule has 5 heteroatoms. The lowest BCUT2D eigenvalue weighted by molar-refractivity contribution is -0.150. The van der Waals surface area contributed by atoms with E-state index in [1.54, 1.807) is 25.3 Å². The number of ether oxygens (including phenoxy) is 1. The van der Waals surface area contributed by atoms with Gasteiger partial charge in [0.1, 0.15) is 12.4 Å². The van der Waals surface area contributed by atoms with Crippen LogP contribution in [-0.4, -0.2) is 27.9 Å². The number of carbonyl (C=O) groups excluding carboxylic acids is 2. The van der Waals surface area contributed by atoms with E-state index in [1.807, 2.05) is 31.2 Å². The first-order chi connectivity index (χ1) is 9.79. The second kappa shape index (κ2) is 5.68. The number of hydrogen-bond donors (Lipinski definition) is 0. The summed E-state index contributed by atoms with van der Waals surface area (Å²) in [5.41, 5.74) is 1.22. The largest absolute Gasteiger partial charge is 0.456 e. The average Bonchev–Trinajstić information content (AvgIpc) is 2.71. The molecular formula is C16H20N2O3. The summed E-state index contributed by atoms with van der Waals surface area (Å²) >= 11 is 0. The molecule has 0 radical (unpaired) electrons. The van der Waals surface area contributed by atoms with Crippen molar-refractivity contribution in [2.75, 3.05) is 6.61 Å². The molecule has 5 nitrogen and oxygen atoms in total. The lowest BCUT2D eigenvalue weighted by Gasteiger charge is -2.16. The minimum Gasteiger partial charge on any atom is -0.456 e. The minimum absolute atomic E-state index is 0.0593. The smallest absolute Gasteiger partial charge is 0.326 e. The van der Waals surface area contributed by atoms with Crippen LogP contribution < -0.4 is 0 Å². The Bertz CT molecular complexity index is 680. The van der Waals surface area contributed by atoms with Crippen LogP contribution in [0.5, 0.6) is 0 Å². The van der Waals surface area contributed by atoms with E-state index in [0.29, 0.717) is 0 Å². The van der Waals surface area contributed by atoms with E-state index < -0.39 is 11.4 Å². The van der Waals surface area contributed by atoms with E-state index in [2.05, 4.69) is 4.98 Å². The van der Waals surface area contributed by atoms with Gasteiger partial charge in [0.2, 0.25) is 0 Å². The molecule has 112 valence electrons. The van der Waals surface area contributed by atoms with Crippen molar-refractivity contribution < 1.29 is 14.3 Å². The van der Waals surface area contributed by atoms with Crippen LogP contribution in [0, 0.1) is 12.3 Å². The standard InChI is InChI=1S/C16H20N2O3/c1-11-17-12-7-5-6-8-13(12)18(11)9-15(20)21-10-14(19)16(2,3)4/h5-8H,9-10H2,1-4H3. The lowest BCUT2D eigenvalue weighted by Crippen LogP contribution is -2.27.